The number of halogens is 1. The molecule has 0 radical (unpaired) electrons. The minimum atomic E-state index is -0.796. The van der Waals surface area contributed by atoms with E-state index < -0.39 is 17.5 Å². The van der Waals surface area contributed by atoms with Crippen LogP contribution in [0.2, 0.25) is 0 Å². The molecule has 5 heteroatoms. The largest absolute Gasteiger partial charge is 0.487 e. The van der Waals surface area contributed by atoms with Gasteiger partial charge in [0.15, 0.2) is 5.78 Å². The maximum absolute atomic E-state index is 12.5. The summed E-state index contributed by atoms with van der Waals surface area (Å²) in [7, 11) is 1.29. The number of ether oxygens (including phenoxy) is 2. The van der Waals surface area contributed by atoms with Crippen molar-refractivity contribution in [1.29, 1.82) is 0 Å². The Morgan fingerprint density at radius 2 is 1.96 bits per heavy atom. The van der Waals surface area contributed by atoms with E-state index in [0.29, 0.717) is 23.3 Å². The topological polar surface area (TPSA) is 52.6 Å². The number of ketones is 1. The van der Waals surface area contributed by atoms with Crippen LogP contribution in [0, 0.1) is 0 Å². The molecule has 0 aromatic heterocycles. The Labute approximate surface area is 139 Å². The normalized spacial score (nSPS) is 19.7. The summed E-state index contributed by atoms with van der Waals surface area (Å²) in [4.78, 5) is 24.1. The van der Waals surface area contributed by atoms with Crippen molar-refractivity contribution in [2.45, 2.75) is 17.9 Å². The van der Waals surface area contributed by atoms with Gasteiger partial charge in [0.05, 0.1) is 18.2 Å². The molecule has 118 valence electrons. The van der Waals surface area contributed by atoms with Gasteiger partial charge in [-0.15, -0.1) is 11.6 Å². The number of methoxy groups -OCH3 is 1. The first-order valence-corrected chi connectivity index (χ1v) is 7.65. The number of hydrogen-bond donors (Lipinski definition) is 0. The van der Waals surface area contributed by atoms with Gasteiger partial charge in [0.2, 0.25) is 0 Å². The van der Waals surface area contributed by atoms with Crippen LogP contribution < -0.4 is 4.74 Å². The van der Waals surface area contributed by atoms with Crippen molar-refractivity contribution in [2.75, 3.05) is 7.11 Å². The van der Waals surface area contributed by atoms with E-state index in [1.54, 1.807) is 12.1 Å². The fraction of sp³-hybridized carbons (Fsp3) is 0.222. The van der Waals surface area contributed by atoms with Gasteiger partial charge in [0.1, 0.15) is 17.2 Å². The molecule has 2 aromatic rings. The third-order valence-electron chi connectivity index (χ3n) is 3.80. The van der Waals surface area contributed by atoms with E-state index in [9.17, 15) is 9.59 Å². The zero-order valence-corrected chi connectivity index (χ0v) is 13.2. The predicted molar refractivity (Wildman–Crippen MR) is 86.3 cm³/mol. The van der Waals surface area contributed by atoms with Crippen molar-refractivity contribution in [2.24, 2.45) is 0 Å². The van der Waals surface area contributed by atoms with Crippen molar-refractivity contribution >= 4 is 23.4 Å². The number of rotatable bonds is 3. The van der Waals surface area contributed by atoms with Crippen molar-refractivity contribution in [3.05, 3.63) is 65.2 Å². The van der Waals surface area contributed by atoms with Gasteiger partial charge in [-0.05, 0) is 23.8 Å². The van der Waals surface area contributed by atoms with Gasteiger partial charge in [0.25, 0.3) is 0 Å². The number of alkyl halides is 1. The molecule has 1 heterocycles. The van der Waals surface area contributed by atoms with Crippen molar-refractivity contribution in [1.82, 2.24) is 0 Å². The minimum absolute atomic E-state index is 0.236. The molecule has 2 aromatic carbocycles. The summed E-state index contributed by atoms with van der Waals surface area (Å²) in [5, 5.41) is -0.796. The van der Waals surface area contributed by atoms with Gasteiger partial charge >= 0.3 is 5.97 Å². The molecule has 0 saturated carbocycles. The monoisotopic (exact) mass is 330 g/mol. The van der Waals surface area contributed by atoms with Gasteiger partial charge in [-0.2, -0.15) is 0 Å². The summed E-state index contributed by atoms with van der Waals surface area (Å²) in [6.07, 6.45) is 0.0990. The highest BCUT2D eigenvalue weighted by molar-refractivity contribution is 6.35. The van der Waals surface area contributed by atoms with Crippen molar-refractivity contribution < 1.29 is 19.1 Å². The van der Waals surface area contributed by atoms with Gasteiger partial charge in [0, 0.05) is 6.42 Å². The number of Topliss-reactive ketones (excluding diaryl/α,β-unsaturated/α-hetero) is 1. The van der Waals surface area contributed by atoms with Gasteiger partial charge in [-0.3, -0.25) is 4.79 Å². The van der Waals surface area contributed by atoms with Crippen LogP contribution in [0.3, 0.4) is 0 Å². The molecule has 2 atom stereocenters. The maximum Gasteiger partial charge on any atom is 0.337 e. The van der Waals surface area contributed by atoms with Crippen LogP contribution in [0.5, 0.6) is 5.75 Å². The number of benzene rings is 2. The standard InChI is InChI=1S/C18H15ClO4/c1-22-18(21)12-7-8-14-13(10-12)17(20)16(19)15(23-14)9-11-5-3-2-4-6-11/h2-8,10,15-16H,9H2,1H3/t15-,16?/m0/s1. The summed E-state index contributed by atoms with van der Waals surface area (Å²) >= 11 is 6.29. The van der Waals surface area contributed by atoms with E-state index in [1.165, 1.54) is 13.2 Å². The highest BCUT2D eigenvalue weighted by atomic mass is 35.5. The molecule has 0 saturated heterocycles. The quantitative estimate of drug-likeness (QED) is 0.640. The van der Waals surface area contributed by atoms with E-state index in [-0.39, 0.29) is 5.78 Å². The molecule has 0 spiro atoms. The third kappa shape index (κ3) is 3.08. The summed E-state index contributed by atoms with van der Waals surface area (Å²) in [6, 6.07) is 14.4. The number of carbonyl (C=O) groups excluding carboxylic acids is 2. The zero-order valence-electron chi connectivity index (χ0n) is 12.5. The molecule has 23 heavy (non-hydrogen) atoms. The minimum Gasteiger partial charge on any atom is -0.487 e. The first kappa shape index (κ1) is 15.6. The van der Waals surface area contributed by atoms with Crippen LogP contribution in [0.25, 0.3) is 0 Å². The molecule has 1 aliphatic rings. The Kier molecular flexibility index (Phi) is 4.35. The lowest BCUT2D eigenvalue weighted by Gasteiger charge is -2.29. The number of hydrogen-bond acceptors (Lipinski definition) is 4. The Morgan fingerprint density at radius 3 is 2.65 bits per heavy atom. The van der Waals surface area contributed by atoms with Gasteiger partial charge < -0.3 is 9.47 Å². The molecule has 0 bridgehead atoms. The first-order valence-electron chi connectivity index (χ1n) is 7.21. The van der Waals surface area contributed by atoms with E-state index in [2.05, 4.69) is 4.74 Å². The van der Waals surface area contributed by atoms with Crippen LogP contribution in [0.15, 0.2) is 48.5 Å². The summed E-state index contributed by atoms with van der Waals surface area (Å²) in [5.74, 6) is -0.293. The molecule has 0 amide bonds. The van der Waals surface area contributed by atoms with Crippen LogP contribution in [-0.2, 0) is 11.2 Å². The lowest BCUT2D eigenvalue weighted by molar-refractivity contribution is 0.0600. The van der Waals surface area contributed by atoms with Gasteiger partial charge in [-0.1, -0.05) is 30.3 Å². The van der Waals surface area contributed by atoms with Crippen LogP contribution in [0.4, 0.5) is 0 Å². The molecule has 0 fully saturated rings. The molecule has 1 aliphatic heterocycles. The fourth-order valence-corrected chi connectivity index (χ4v) is 2.86. The SMILES string of the molecule is COC(=O)c1ccc2c(c1)C(=O)C(Cl)[C@H](Cc1ccccc1)O2. The average molecular weight is 331 g/mol. The highest BCUT2D eigenvalue weighted by Gasteiger charge is 2.36. The summed E-state index contributed by atoms with van der Waals surface area (Å²) in [5.41, 5.74) is 1.66. The highest BCUT2D eigenvalue weighted by Crippen LogP contribution is 2.32. The molecule has 0 N–H and O–H groups in total. The van der Waals surface area contributed by atoms with Crippen molar-refractivity contribution in [3.63, 3.8) is 0 Å². The van der Waals surface area contributed by atoms with E-state index >= 15 is 0 Å². The molecule has 0 aliphatic carbocycles. The van der Waals surface area contributed by atoms with Crippen LogP contribution in [0.1, 0.15) is 26.3 Å². The van der Waals surface area contributed by atoms with Crippen LogP contribution >= 0.6 is 11.6 Å². The summed E-state index contributed by atoms with van der Waals surface area (Å²) < 4.78 is 10.5. The van der Waals surface area contributed by atoms with Crippen molar-refractivity contribution in [3.8, 4) is 5.75 Å². The van der Waals surface area contributed by atoms with E-state index in [4.69, 9.17) is 16.3 Å². The number of esters is 1. The predicted octanol–water partition coefficient (Wildman–Crippen LogP) is 3.27. The van der Waals surface area contributed by atoms with E-state index in [0.717, 1.165) is 5.56 Å². The lowest BCUT2D eigenvalue weighted by Crippen LogP contribution is -2.40. The molecule has 1 unspecified atom stereocenters. The Balaban J connectivity index is 1.88. The second-order valence-electron chi connectivity index (χ2n) is 5.31. The second-order valence-corrected chi connectivity index (χ2v) is 5.78. The molecule has 3 rings (SSSR count). The van der Waals surface area contributed by atoms with Crippen LogP contribution in [-0.4, -0.2) is 30.3 Å². The molecular formula is C18H15ClO4. The smallest absolute Gasteiger partial charge is 0.337 e. The average Bonchev–Trinajstić information content (AvgIpc) is 2.59. The van der Waals surface area contributed by atoms with Gasteiger partial charge in [-0.25, -0.2) is 4.79 Å². The number of fused-ring (bicyclic) bond motifs is 1. The number of carbonyl (C=O) groups is 2. The van der Waals surface area contributed by atoms with E-state index in [1.807, 2.05) is 30.3 Å². The third-order valence-corrected chi connectivity index (χ3v) is 4.28. The Hall–Kier alpha value is -2.33. The summed E-state index contributed by atoms with van der Waals surface area (Å²) in [6.45, 7) is 0. The Bertz CT molecular complexity index is 742. The second kappa shape index (κ2) is 6.42. The Morgan fingerprint density at radius 1 is 1.22 bits per heavy atom. The zero-order chi connectivity index (χ0) is 16.4. The first-order chi connectivity index (χ1) is 11.1. The lowest BCUT2D eigenvalue weighted by atomic mass is 9.95. The maximum atomic E-state index is 12.5. The molecule has 4 nitrogen and oxygen atoms in total. The molecular weight excluding hydrogens is 316 g/mol. The fourth-order valence-electron chi connectivity index (χ4n) is 2.60.